The molecule has 2 aromatic carbocycles. The summed E-state index contributed by atoms with van der Waals surface area (Å²) < 4.78 is 27.2. The topological polar surface area (TPSA) is 93.1 Å². The third kappa shape index (κ3) is 4.20. The molecule has 0 aliphatic carbocycles. The Bertz CT molecular complexity index is 1130. The number of hydrogen-bond acceptors (Lipinski definition) is 4. The number of nitrogens with one attached hydrogen (secondary N) is 2. The number of rotatable bonds is 5. The number of amides is 2. The number of halogens is 2. The lowest BCUT2D eigenvalue weighted by atomic mass is 10.2. The van der Waals surface area contributed by atoms with Crippen molar-refractivity contribution >= 4 is 28.4 Å². The van der Waals surface area contributed by atoms with Gasteiger partial charge in [0.1, 0.15) is 12.4 Å². The lowest BCUT2D eigenvalue weighted by Gasteiger charge is -2.11. The molecule has 0 fully saturated rings. The Balaban J connectivity index is 1.63. The first-order valence-corrected chi connectivity index (χ1v) is 8.33. The number of aromatic nitrogens is 2. The summed E-state index contributed by atoms with van der Waals surface area (Å²) in [6, 6.07) is 9.70. The molecule has 28 heavy (non-hydrogen) atoms. The molecule has 1 heterocycles. The largest absolute Gasteiger partial charge is 0.345 e. The van der Waals surface area contributed by atoms with Crippen LogP contribution in [0.5, 0.6) is 0 Å². The molecule has 0 aliphatic heterocycles. The van der Waals surface area contributed by atoms with E-state index < -0.39 is 30.0 Å². The van der Waals surface area contributed by atoms with Gasteiger partial charge in [-0.05, 0) is 31.2 Å². The van der Waals surface area contributed by atoms with Crippen molar-refractivity contribution in [2.75, 3.05) is 11.9 Å². The van der Waals surface area contributed by atoms with E-state index >= 15 is 0 Å². The van der Waals surface area contributed by atoms with Crippen LogP contribution in [-0.4, -0.2) is 27.9 Å². The molecule has 2 amide bonds. The van der Waals surface area contributed by atoms with Gasteiger partial charge in [-0.1, -0.05) is 12.1 Å². The number of carbonyl (C=O) groups excluding carboxylic acids is 2. The zero-order valence-corrected chi connectivity index (χ0v) is 14.8. The fourth-order valence-electron chi connectivity index (χ4n) is 2.62. The maximum Gasteiger partial charge on any atom is 0.261 e. The minimum absolute atomic E-state index is 0.0592. The van der Waals surface area contributed by atoms with Crippen molar-refractivity contribution in [1.82, 2.24) is 14.9 Å². The Morgan fingerprint density at radius 1 is 1.07 bits per heavy atom. The number of aryl methyl sites for hydroxylation is 1. The number of para-hydroxylation sites is 1. The van der Waals surface area contributed by atoms with E-state index in [0.717, 1.165) is 12.1 Å². The predicted octanol–water partition coefficient (Wildman–Crippen LogP) is 1.74. The number of hydrogen-bond donors (Lipinski definition) is 2. The lowest BCUT2D eigenvalue weighted by Crippen LogP contribution is -2.38. The first-order valence-electron chi connectivity index (χ1n) is 8.33. The van der Waals surface area contributed by atoms with Gasteiger partial charge < -0.3 is 10.6 Å². The molecule has 144 valence electrons. The van der Waals surface area contributed by atoms with Crippen LogP contribution >= 0.6 is 0 Å². The summed E-state index contributed by atoms with van der Waals surface area (Å²) >= 11 is 0. The van der Waals surface area contributed by atoms with Crippen molar-refractivity contribution in [3.63, 3.8) is 0 Å². The Kier molecular flexibility index (Phi) is 5.44. The van der Waals surface area contributed by atoms with E-state index in [1.165, 1.54) is 10.6 Å². The molecule has 7 nitrogen and oxygen atoms in total. The number of anilines is 1. The van der Waals surface area contributed by atoms with Crippen molar-refractivity contribution in [2.45, 2.75) is 13.5 Å². The highest BCUT2D eigenvalue weighted by Gasteiger charge is 2.13. The van der Waals surface area contributed by atoms with Gasteiger partial charge in [0.2, 0.25) is 11.8 Å². The number of carbonyl (C=O) groups is 2. The highest BCUT2D eigenvalue weighted by atomic mass is 19.2. The van der Waals surface area contributed by atoms with Crippen LogP contribution in [0.4, 0.5) is 14.5 Å². The zero-order valence-electron chi connectivity index (χ0n) is 14.8. The van der Waals surface area contributed by atoms with Crippen LogP contribution < -0.4 is 16.2 Å². The molecule has 0 spiro atoms. The smallest absolute Gasteiger partial charge is 0.261 e. The monoisotopic (exact) mass is 386 g/mol. The average molecular weight is 386 g/mol. The number of benzene rings is 2. The van der Waals surface area contributed by atoms with Gasteiger partial charge in [0.15, 0.2) is 11.6 Å². The summed E-state index contributed by atoms with van der Waals surface area (Å²) in [7, 11) is 0. The molecule has 0 aliphatic rings. The van der Waals surface area contributed by atoms with Gasteiger partial charge in [-0.25, -0.2) is 13.8 Å². The number of nitrogens with zero attached hydrogens (tertiary/aromatic N) is 2. The molecule has 0 atom stereocenters. The quantitative estimate of drug-likeness (QED) is 0.699. The first-order chi connectivity index (χ1) is 13.3. The lowest BCUT2D eigenvalue weighted by molar-refractivity contribution is -0.124. The van der Waals surface area contributed by atoms with Crippen molar-refractivity contribution < 1.29 is 18.4 Å². The molecule has 3 rings (SSSR count). The molecular weight excluding hydrogens is 370 g/mol. The zero-order chi connectivity index (χ0) is 20.3. The molecular formula is C19H16F2N4O3. The van der Waals surface area contributed by atoms with Gasteiger partial charge in [-0.2, -0.15) is 0 Å². The third-order valence-corrected chi connectivity index (χ3v) is 4.00. The van der Waals surface area contributed by atoms with Gasteiger partial charge in [0, 0.05) is 11.8 Å². The minimum Gasteiger partial charge on any atom is -0.345 e. The summed E-state index contributed by atoms with van der Waals surface area (Å²) in [5.74, 6) is -2.95. The second kappa shape index (κ2) is 7.95. The van der Waals surface area contributed by atoms with Crippen LogP contribution in [0.2, 0.25) is 0 Å². The fraction of sp³-hybridized carbons (Fsp3) is 0.158. The molecule has 0 bridgehead atoms. The molecule has 2 N–H and O–H groups in total. The van der Waals surface area contributed by atoms with Gasteiger partial charge in [0.05, 0.1) is 17.4 Å². The SMILES string of the molecule is Cc1nc2ccccc2c(=O)n1CC(=O)NCC(=O)Nc1ccc(F)c(F)c1. The maximum atomic E-state index is 13.1. The highest BCUT2D eigenvalue weighted by Crippen LogP contribution is 2.12. The maximum absolute atomic E-state index is 13.1. The molecule has 1 aromatic heterocycles. The second-order valence-corrected chi connectivity index (χ2v) is 6.02. The molecule has 0 radical (unpaired) electrons. The third-order valence-electron chi connectivity index (χ3n) is 4.00. The summed E-state index contributed by atoms with van der Waals surface area (Å²) in [6.45, 7) is 0.907. The average Bonchev–Trinajstić information content (AvgIpc) is 2.66. The first kappa shape index (κ1) is 19.2. The molecule has 0 saturated carbocycles. The predicted molar refractivity (Wildman–Crippen MR) is 98.7 cm³/mol. The van der Waals surface area contributed by atoms with Crippen LogP contribution in [0.25, 0.3) is 10.9 Å². The van der Waals surface area contributed by atoms with Crippen molar-refractivity contribution in [1.29, 1.82) is 0 Å². The summed E-state index contributed by atoms with van der Waals surface area (Å²) in [6.07, 6.45) is 0. The summed E-state index contributed by atoms with van der Waals surface area (Å²) in [5.41, 5.74) is 0.237. The highest BCUT2D eigenvalue weighted by molar-refractivity contribution is 5.94. The van der Waals surface area contributed by atoms with E-state index in [0.29, 0.717) is 16.7 Å². The van der Waals surface area contributed by atoms with E-state index in [2.05, 4.69) is 15.6 Å². The van der Waals surface area contributed by atoms with E-state index in [4.69, 9.17) is 0 Å². The standard InChI is InChI=1S/C19H16F2N4O3/c1-11-23-16-5-3-2-4-13(16)19(28)25(11)10-18(27)22-9-17(26)24-12-6-7-14(20)15(21)8-12/h2-8H,9-10H2,1H3,(H,22,27)(H,24,26). The van der Waals surface area contributed by atoms with Crippen molar-refractivity contribution in [3.05, 3.63) is 70.3 Å². The van der Waals surface area contributed by atoms with Crippen LogP contribution in [0.3, 0.4) is 0 Å². The summed E-state index contributed by atoms with van der Waals surface area (Å²) in [5, 5.41) is 5.09. The van der Waals surface area contributed by atoms with Gasteiger partial charge in [-0.3, -0.25) is 19.0 Å². The van der Waals surface area contributed by atoms with Gasteiger partial charge in [-0.15, -0.1) is 0 Å². The van der Waals surface area contributed by atoms with E-state index in [-0.39, 0.29) is 17.8 Å². The Morgan fingerprint density at radius 3 is 2.57 bits per heavy atom. The Morgan fingerprint density at radius 2 is 1.82 bits per heavy atom. The number of fused-ring (bicyclic) bond motifs is 1. The van der Waals surface area contributed by atoms with Crippen LogP contribution in [0.15, 0.2) is 47.3 Å². The molecule has 3 aromatic rings. The molecule has 0 unspecified atom stereocenters. The van der Waals surface area contributed by atoms with Gasteiger partial charge in [0.25, 0.3) is 5.56 Å². The molecule has 0 saturated heterocycles. The second-order valence-electron chi connectivity index (χ2n) is 6.02. The van der Waals surface area contributed by atoms with E-state index in [9.17, 15) is 23.2 Å². The van der Waals surface area contributed by atoms with Crippen LogP contribution in [0, 0.1) is 18.6 Å². The fourth-order valence-corrected chi connectivity index (χ4v) is 2.62. The minimum atomic E-state index is -1.10. The van der Waals surface area contributed by atoms with Crippen molar-refractivity contribution in [2.24, 2.45) is 0 Å². The van der Waals surface area contributed by atoms with E-state index in [1.807, 2.05) is 0 Å². The Hall–Kier alpha value is -3.62. The van der Waals surface area contributed by atoms with Gasteiger partial charge >= 0.3 is 0 Å². The van der Waals surface area contributed by atoms with Crippen LogP contribution in [-0.2, 0) is 16.1 Å². The van der Waals surface area contributed by atoms with Crippen molar-refractivity contribution in [3.8, 4) is 0 Å². The summed E-state index contributed by atoms with van der Waals surface area (Å²) in [4.78, 5) is 40.8. The molecule has 9 heteroatoms. The normalized spacial score (nSPS) is 10.7. The van der Waals surface area contributed by atoms with Crippen LogP contribution in [0.1, 0.15) is 5.82 Å². The van der Waals surface area contributed by atoms with E-state index in [1.54, 1.807) is 31.2 Å². The Labute approximate surface area is 158 Å².